The number of methoxy groups -OCH3 is 1. The van der Waals surface area contributed by atoms with Gasteiger partial charge in [0.05, 0.1) is 54.8 Å². The zero-order valence-electron chi connectivity index (χ0n) is 33.1. The maximum absolute atomic E-state index is 12.4. The molecule has 8 nitrogen and oxygen atoms in total. The van der Waals surface area contributed by atoms with Gasteiger partial charge in [-0.15, -0.1) is 0 Å². The number of carbonyl (C=O) groups excluding carboxylic acids is 1. The Bertz CT molecular complexity index is 2780. The monoisotopic (exact) mass is 778 g/mol. The summed E-state index contributed by atoms with van der Waals surface area (Å²) in [5.74, 6) is 0.0479. The third kappa shape index (κ3) is 8.72. The summed E-state index contributed by atoms with van der Waals surface area (Å²) in [6, 6.07) is 45.5. The van der Waals surface area contributed by atoms with E-state index < -0.39 is 5.97 Å². The highest BCUT2D eigenvalue weighted by atomic mass is 16.5. The Balaban J connectivity index is 0.000000152. The average molecular weight is 779 g/mol. The van der Waals surface area contributed by atoms with Crippen molar-refractivity contribution in [3.63, 3.8) is 0 Å². The summed E-state index contributed by atoms with van der Waals surface area (Å²) >= 11 is 0. The third-order valence-electron chi connectivity index (χ3n) is 11.6. The molecule has 59 heavy (non-hydrogen) atoms. The molecule has 2 fully saturated rings. The van der Waals surface area contributed by atoms with Crippen molar-refractivity contribution in [3.05, 3.63) is 201 Å². The normalized spacial score (nSPS) is 13.6. The van der Waals surface area contributed by atoms with Crippen LogP contribution in [0.4, 0.5) is 0 Å². The van der Waals surface area contributed by atoms with E-state index in [-0.39, 0.29) is 5.97 Å². The molecule has 8 heteroatoms. The maximum atomic E-state index is 12.4. The highest BCUT2D eigenvalue weighted by molar-refractivity contribution is 5.92. The first kappa shape index (κ1) is 37.8. The molecule has 0 bridgehead atoms. The SMILES string of the molecule is COC(=O)c1cc(C2CC2)ccc1Cc1ccc2c(cnn2Cc2ccccc2)c1.O=C(O)c1cc(C2CC2)ccc1Cc1ccc2c(cnn2Cc2ccccc2)c1. The van der Waals surface area contributed by atoms with E-state index in [0.717, 1.165) is 62.7 Å². The number of hydrogen-bond donors (Lipinski definition) is 1. The van der Waals surface area contributed by atoms with Crippen LogP contribution in [-0.2, 0) is 30.7 Å². The Kier molecular flexibility index (Phi) is 10.6. The van der Waals surface area contributed by atoms with Gasteiger partial charge >= 0.3 is 11.9 Å². The predicted octanol–water partition coefficient (Wildman–Crippen LogP) is 10.6. The molecular formula is C51H46N4O4. The average Bonchev–Trinajstić information content (AvgIpc) is 4.21. The van der Waals surface area contributed by atoms with Crippen LogP contribution < -0.4 is 0 Å². The Morgan fingerprint density at radius 2 is 1.03 bits per heavy atom. The minimum Gasteiger partial charge on any atom is -0.478 e. The summed E-state index contributed by atoms with van der Waals surface area (Å²) in [5.41, 5.74) is 12.3. The topological polar surface area (TPSA) is 99.2 Å². The van der Waals surface area contributed by atoms with E-state index in [4.69, 9.17) is 4.74 Å². The van der Waals surface area contributed by atoms with Crippen LogP contribution >= 0.6 is 0 Å². The predicted molar refractivity (Wildman–Crippen MR) is 231 cm³/mol. The van der Waals surface area contributed by atoms with Gasteiger partial charge in [0.1, 0.15) is 0 Å². The standard InChI is InChI=1S/C26H24N2O2.C25H22N2O2/c1-30-26(29)24-15-21(20-8-9-20)10-11-22(24)13-19-7-12-25-23(14-19)16-27-28(25)17-18-5-3-2-4-6-18;28-25(29)23-14-20(19-7-8-19)9-10-21(23)12-18-6-11-24-22(13-18)15-26-27(24)16-17-4-2-1-3-5-17/h2-7,10-12,14-16,20H,8-9,13,17H2,1H3;1-6,9-11,13-15,19H,7-8,12,16H2,(H,28,29). The molecule has 2 aromatic heterocycles. The van der Waals surface area contributed by atoms with E-state index in [0.29, 0.717) is 35.8 Å². The number of carbonyl (C=O) groups is 2. The van der Waals surface area contributed by atoms with Crippen LogP contribution in [0.3, 0.4) is 0 Å². The van der Waals surface area contributed by atoms with Gasteiger partial charge in [-0.2, -0.15) is 10.2 Å². The van der Waals surface area contributed by atoms with Gasteiger partial charge in [0.25, 0.3) is 0 Å². The molecule has 8 aromatic rings. The lowest BCUT2D eigenvalue weighted by Crippen LogP contribution is -2.07. The number of nitrogens with zero attached hydrogens (tertiary/aromatic N) is 4. The van der Waals surface area contributed by atoms with Crippen LogP contribution in [0, 0.1) is 0 Å². The van der Waals surface area contributed by atoms with Gasteiger partial charge in [0.15, 0.2) is 0 Å². The lowest BCUT2D eigenvalue weighted by Gasteiger charge is -2.11. The first-order chi connectivity index (χ1) is 28.9. The fourth-order valence-corrected chi connectivity index (χ4v) is 8.03. The lowest BCUT2D eigenvalue weighted by molar-refractivity contribution is 0.0598. The smallest absolute Gasteiger partial charge is 0.338 e. The number of aromatic carboxylic acids is 1. The zero-order chi connectivity index (χ0) is 40.3. The summed E-state index contributed by atoms with van der Waals surface area (Å²) in [7, 11) is 1.45. The van der Waals surface area contributed by atoms with Crippen molar-refractivity contribution in [2.24, 2.45) is 0 Å². The molecule has 0 spiro atoms. The van der Waals surface area contributed by atoms with Crippen LogP contribution in [0.1, 0.15) is 103 Å². The number of fused-ring (bicyclic) bond motifs is 2. The van der Waals surface area contributed by atoms with E-state index in [2.05, 4.69) is 89.1 Å². The highest BCUT2D eigenvalue weighted by Gasteiger charge is 2.26. The molecule has 10 rings (SSSR count). The zero-order valence-corrected chi connectivity index (χ0v) is 33.1. The highest BCUT2D eigenvalue weighted by Crippen LogP contribution is 2.41. The van der Waals surface area contributed by atoms with Crippen LogP contribution in [0.15, 0.2) is 146 Å². The minimum absolute atomic E-state index is 0.260. The van der Waals surface area contributed by atoms with E-state index >= 15 is 0 Å². The number of carboxylic acid groups (broad SMARTS) is 1. The molecule has 0 radical (unpaired) electrons. The Hall–Kier alpha value is -6.80. The molecule has 2 saturated carbocycles. The maximum Gasteiger partial charge on any atom is 0.338 e. The second-order valence-electron chi connectivity index (χ2n) is 15.9. The van der Waals surface area contributed by atoms with E-state index in [9.17, 15) is 14.7 Å². The Morgan fingerprint density at radius 3 is 1.47 bits per heavy atom. The number of ether oxygens (including phenoxy) is 1. The molecule has 0 atom stereocenters. The summed E-state index contributed by atoms with van der Waals surface area (Å²) in [6.07, 6.45) is 9.86. The number of rotatable bonds is 12. The van der Waals surface area contributed by atoms with E-state index in [1.165, 1.54) is 49.5 Å². The van der Waals surface area contributed by atoms with Crippen molar-refractivity contribution in [3.8, 4) is 0 Å². The van der Waals surface area contributed by atoms with Crippen LogP contribution in [0.5, 0.6) is 0 Å². The quantitative estimate of drug-likeness (QED) is 0.124. The summed E-state index contributed by atoms with van der Waals surface area (Å²) in [6.45, 7) is 1.48. The Labute approximate surface area is 343 Å². The van der Waals surface area contributed by atoms with E-state index in [1.54, 1.807) is 0 Å². The van der Waals surface area contributed by atoms with Gasteiger partial charge in [-0.3, -0.25) is 9.36 Å². The molecule has 6 aromatic carbocycles. The van der Waals surface area contributed by atoms with Gasteiger partial charge in [-0.05, 0) is 131 Å². The summed E-state index contributed by atoms with van der Waals surface area (Å²) in [5, 5.41) is 21.0. The minimum atomic E-state index is -0.848. The molecule has 0 amide bonds. The molecule has 0 saturated heterocycles. The number of hydrogen-bond acceptors (Lipinski definition) is 5. The number of carboxylic acids is 1. The van der Waals surface area contributed by atoms with Gasteiger partial charge in [-0.1, -0.05) is 97.1 Å². The van der Waals surface area contributed by atoms with Gasteiger partial charge in [0.2, 0.25) is 0 Å². The van der Waals surface area contributed by atoms with Crippen molar-refractivity contribution in [1.82, 2.24) is 19.6 Å². The number of aromatic nitrogens is 4. The van der Waals surface area contributed by atoms with Crippen molar-refractivity contribution in [2.75, 3.05) is 7.11 Å². The van der Waals surface area contributed by atoms with Crippen molar-refractivity contribution in [2.45, 2.75) is 63.5 Å². The lowest BCUT2D eigenvalue weighted by atomic mass is 9.96. The largest absolute Gasteiger partial charge is 0.478 e. The number of benzene rings is 6. The summed E-state index contributed by atoms with van der Waals surface area (Å²) < 4.78 is 9.08. The Morgan fingerprint density at radius 1 is 0.576 bits per heavy atom. The van der Waals surface area contributed by atoms with E-state index in [1.807, 2.05) is 76.4 Å². The fraction of sp³-hybridized carbons (Fsp3) is 0.216. The van der Waals surface area contributed by atoms with Crippen LogP contribution in [0.25, 0.3) is 21.8 Å². The van der Waals surface area contributed by atoms with Gasteiger partial charge in [0, 0.05) is 10.8 Å². The fourth-order valence-electron chi connectivity index (χ4n) is 8.03. The van der Waals surface area contributed by atoms with Crippen LogP contribution in [-0.4, -0.2) is 43.7 Å². The van der Waals surface area contributed by atoms with Gasteiger partial charge in [-0.25, -0.2) is 9.59 Å². The van der Waals surface area contributed by atoms with Crippen LogP contribution in [0.2, 0.25) is 0 Å². The molecule has 0 unspecified atom stereocenters. The third-order valence-corrected chi connectivity index (χ3v) is 11.6. The first-order valence-electron chi connectivity index (χ1n) is 20.4. The first-order valence-corrected chi connectivity index (χ1v) is 20.4. The molecule has 2 aliphatic rings. The molecule has 0 aliphatic heterocycles. The second kappa shape index (κ2) is 16.6. The van der Waals surface area contributed by atoms with Gasteiger partial charge < -0.3 is 9.84 Å². The number of esters is 1. The molecule has 1 N–H and O–H groups in total. The van der Waals surface area contributed by atoms with Crippen molar-refractivity contribution < 1.29 is 19.4 Å². The van der Waals surface area contributed by atoms with Crippen molar-refractivity contribution in [1.29, 1.82) is 0 Å². The molecular weight excluding hydrogens is 733 g/mol. The molecule has 2 aliphatic carbocycles. The molecule has 2 heterocycles. The second-order valence-corrected chi connectivity index (χ2v) is 15.9. The van der Waals surface area contributed by atoms with Crippen molar-refractivity contribution >= 4 is 33.7 Å². The summed E-state index contributed by atoms with van der Waals surface area (Å²) in [4.78, 5) is 24.2. The molecule has 294 valence electrons.